The zero-order chi connectivity index (χ0) is 57.1. The molecule has 4 atom stereocenters. The number of hydrogen-bond acceptors (Lipinski definition) is 4. The average molecular weight is 1110 g/mol. The van der Waals surface area contributed by atoms with Crippen LogP contribution >= 0.6 is 0 Å². The van der Waals surface area contributed by atoms with Crippen LogP contribution in [0.2, 0.25) is 0 Å². The van der Waals surface area contributed by atoms with Gasteiger partial charge >= 0.3 is 0 Å². The average Bonchev–Trinajstić information content (AvgIpc) is 1.69. The van der Waals surface area contributed by atoms with Gasteiger partial charge < -0.3 is 24.2 Å². The van der Waals surface area contributed by atoms with Gasteiger partial charge in [-0.15, -0.1) is 0 Å². The van der Waals surface area contributed by atoms with Gasteiger partial charge in [0.2, 0.25) is 0 Å². The maximum Gasteiger partial charge on any atom is 0.0862 e. The summed E-state index contributed by atoms with van der Waals surface area (Å²) < 4.78 is 2.45. The molecule has 13 aromatic carbocycles. The molecule has 0 bridgehead atoms. The van der Waals surface area contributed by atoms with E-state index >= 15 is 0 Å². The first-order chi connectivity index (χ1) is 43.2. The van der Waals surface area contributed by atoms with E-state index in [1.807, 2.05) is 0 Å². The summed E-state index contributed by atoms with van der Waals surface area (Å²) in [5, 5.41) is 2.44. The summed E-state index contributed by atoms with van der Waals surface area (Å²) in [7, 11) is 0. The third-order valence-corrected chi connectivity index (χ3v) is 18.9. The molecule has 0 fully saturated rings. The molecule has 1 aromatic heterocycles. The van der Waals surface area contributed by atoms with Crippen LogP contribution in [0.5, 0.6) is 0 Å². The van der Waals surface area contributed by atoms with Crippen LogP contribution in [0.25, 0.3) is 72.0 Å². The predicted molar refractivity (Wildman–Crippen MR) is 361 cm³/mol. The van der Waals surface area contributed by atoms with Crippen molar-refractivity contribution in [3.8, 4) is 50.2 Å². The van der Waals surface area contributed by atoms with E-state index < -0.39 is 0 Å². The van der Waals surface area contributed by atoms with Gasteiger partial charge in [-0.25, -0.2) is 0 Å². The second kappa shape index (κ2) is 19.7. The fourth-order valence-corrected chi connectivity index (χ4v) is 15.2. The molecule has 0 amide bonds. The Morgan fingerprint density at radius 1 is 0.184 bits per heavy atom. The van der Waals surface area contributed by atoms with Crippen LogP contribution in [0.4, 0.5) is 45.5 Å². The first-order valence-electron chi connectivity index (χ1n) is 30.4. The summed E-state index contributed by atoms with van der Waals surface area (Å²) in [5.41, 5.74) is 28.1. The highest BCUT2D eigenvalue weighted by Gasteiger charge is 2.52. The van der Waals surface area contributed by atoms with Crippen LogP contribution in [0.3, 0.4) is 0 Å². The van der Waals surface area contributed by atoms with Crippen molar-refractivity contribution in [2.45, 2.75) is 24.2 Å². The molecule has 4 aliphatic heterocycles. The normalized spacial score (nSPS) is 16.9. The molecule has 5 heterocycles. The van der Waals surface area contributed by atoms with Crippen molar-refractivity contribution in [2.24, 2.45) is 0 Å². The van der Waals surface area contributed by atoms with E-state index in [0.29, 0.717) is 0 Å². The summed E-state index contributed by atoms with van der Waals surface area (Å²) in [4.78, 5) is 10.4. The Morgan fingerprint density at radius 2 is 0.494 bits per heavy atom. The highest BCUT2D eigenvalue weighted by Crippen LogP contribution is 2.65. The maximum atomic E-state index is 2.64. The highest BCUT2D eigenvalue weighted by atomic mass is 15.3. The molecule has 4 aliphatic rings. The molecule has 0 aliphatic carbocycles. The lowest BCUT2D eigenvalue weighted by atomic mass is 9.95. The molecule has 410 valence electrons. The Balaban J connectivity index is 0.804. The van der Waals surface area contributed by atoms with E-state index in [2.05, 4.69) is 346 Å². The Kier molecular flexibility index (Phi) is 11.2. The van der Waals surface area contributed by atoms with Gasteiger partial charge in [0.25, 0.3) is 0 Å². The maximum absolute atomic E-state index is 2.64. The number of anilines is 8. The first kappa shape index (κ1) is 49.3. The number of aromatic nitrogens is 1. The first-order valence-corrected chi connectivity index (χ1v) is 30.4. The molecular formula is C82H57N5. The predicted octanol–water partition coefficient (Wildman–Crippen LogP) is 21.6. The monoisotopic (exact) mass is 1110 g/mol. The van der Waals surface area contributed by atoms with Crippen LogP contribution in [-0.4, -0.2) is 4.57 Å². The summed E-state index contributed by atoms with van der Waals surface area (Å²) in [6.07, 6.45) is 0. The molecule has 0 saturated heterocycles. The number of nitrogens with zero attached hydrogens (tertiary/aromatic N) is 5. The van der Waals surface area contributed by atoms with Gasteiger partial charge in [-0.1, -0.05) is 194 Å². The van der Waals surface area contributed by atoms with Crippen LogP contribution < -0.4 is 19.6 Å². The topological polar surface area (TPSA) is 17.9 Å². The molecule has 0 radical (unpaired) electrons. The molecule has 5 heteroatoms. The van der Waals surface area contributed by atoms with Crippen LogP contribution in [0.1, 0.15) is 46.4 Å². The van der Waals surface area contributed by atoms with Crippen molar-refractivity contribution in [2.75, 3.05) is 19.6 Å². The zero-order valence-corrected chi connectivity index (χ0v) is 47.6. The van der Waals surface area contributed by atoms with Gasteiger partial charge in [-0.05, 0) is 172 Å². The van der Waals surface area contributed by atoms with E-state index in [9.17, 15) is 0 Å². The minimum atomic E-state index is -0.00728. The highest BCUT2D eigenvalue weighted by molar-refractivity contribution is 6.12. The van der Waals surface area contributed by atoms with Gasteiger partial charge in [-0.2, -0.15) is 0 Å². The SMILES string of the molecule is c1ccc(-c2cc(-c3ccccc3)cc(N3c4ccc(-c5ccc6c(c5)c5cc(-c7ccc8c(c7)C7C(c9ccccc9N7c7ccccc7)N8c7ccccc7)ccc5n6-c5ccccc5)cc4C4C3c3ccccc3N4c3ccccc3)c2)cc1. The van der Waals surface area contributed by atoms with Gasteiger partial charge in [-0.3, -0.25) is 0 Å². The Hall–Kier alpha value is -11.1. The van der Waals surface area contributed by atoms with Crippen LogP contribution in [0.15, 0.2) is 322 Å². The fourth-order valence-electron chi connectivity index (χ4n) is 15.2. The standard InChI is InChI=1S/C82H57N5/c1-7-23-54(24-8-1)60-47-61(55-25-9-2-10-26-55)49-66(48-60)87-78-46-42-59(53-72(78)82-80(87)68-36-20-22-38-74(68)85(82)64-31-15-5-16-32-64)57-40-44-76-70(51-57)69-50-56(39-43-75(69)83(76)62-27-11-3-12-28-62)58-41-45-77-71(52-58)81-79(86(77)65-33-17-6-18-34-65)67-35-19-21-37-73(67)84(81)63-29-13-4-14-30-63/h1-53,79-82H. The van der Waals surface area contributed by atoms with E-state index in [1.165, 1.54) is 134 Å². The quantitative estimate of drug-likeness (QED) is 0.143. The van der Waals surface area contributed by atoms with Crippen molar-refractivity contribution < 1.29 is 0 Å². The van der Waals surface area contributed by atoms with Gasteiger partial charge in [0.15, 0.2) is 0 Å². The minimum absolute atomic E-state index is 0.00275. The number of rotatable bonds is 9. The second-order valence-electron chi connectivity index (χ2n) is 23.6. The fraction of sp³-hybridized carbons (Fsp3) is 0.0488. The van der Waals surface area contributed by atoms with Crippen molar-refractivity contribution in [1.29, 1.82) is 0 Å². The summed E-state index contributed by atoms with van der Waals surface area (Å²) in [6.45, 7) is 0. The van der Waals surface area contributed by atoms with Crippen LogP contribution in [0, 0.1) is 0 Å². The van der Waals surface area contributed by atoms with Crippen molar-refractivity contribution in [3.05, 3.63) is 344 Å². The molecule has 14 aromatic rings. The van der Waals surface area contributed by atoms with E-state index in [0.717, 1.165) is 5.69 Å². The molecule has 87 heavy (non-hydrogen) atoms. The minimum Gasteiger partial charge on any atom is -0.331 e. The third-order valence-electron chi connectivity index (χ3n) is 18.9. The van der Waals surface area contributed by atoms with Gasteiger partial charge in [0, 0.05) is 84.2 Å². The number of benzene rings is 13. The molecule has 0 saturated carbocycles. The number of hydrogen-bond donors (Lipinski definition) is 0. The van der Waals surface area contributed by atoms with Crippen molar-refractivity contribution in [1.82, 2.24) is 4.57 Å². The summed E-state index contributed by atoms with van der Waals surface area (Å²) >= 11 is 0. The molecule has 4 unspecified atom stereocenters. The third kappa shape index (κ3) is 7.72. The molecular weight excluding hydrogens is 1050 g/mol. The van der Waals surface area contributed by atoms with Crippen molar-refractivity contribution >= 4 is 67.3 Å². The van der Waals surface area contributed by atoms with E-state index in [1.54, 1.807) is 0 Å². The number of para-hydroxylation sites is 6. The molecule has 0 N–H and O–H groups in total. The Bertz CT molecular complexity index is 4910. The lowest BCUT2D eigenvalue weighted by Crippen LogP contribution is -2.24. The number of fused-ring (bicyclic) bond motifs is 13. The Morgan fingerprint density at radius 3 is 0.908 bits per heavy atom. The van der Waals surface area contributed by atoms with E-state index in [4.69, 9.17) is 0 Å². The van der Waals surface area contributed by atoms with E-state index in [-0.39, 0.29) is 24.2 Å². The summed E-state index contributed by atoms with van der Waals surface area (Å²) in [6, 6.07) is 120. The summed E-state index contributed by atoms with van der Waals surface area (Å²) in [5.74, 6) is 0. The van der Waals surface area contributed by atoms with Gasteiger partial charge in [0.1, 0.15) is 0 Å². The molecule has 5 nitrogen and oxygen atoms in total. The largest absolute Gasteiger partial charge is 0.331 e. The zero-order valence-electron chi connectivity index (χ0n) is 47.6. The van der Waals surface area contributed by atoms with Crippen molar-refractivity contribution in [3.63, 3.8) is 0 Å². The second-order valence-corrected chi connectivity index (χ2v) is 23.6. The lowest BCUT2D eigenvalue weighted by Gasteiger charge is -2.30. The van der Waals surface area contributed by atoms with Crippen LogP contribution in [-0.2, 0) is 0 Å². The molecule has 0 spiro atoms. The molecule has 18 rings (SSSR count). The van der Waals surface area contributed by atoms with Gasteiger partial charge in [0.05, 0.1) is 35.2 Å². The Labute approximate surface area is 506 Å². The lowest BCUT2D eigenvalue weighted by molar-refractivity contribution is 0.634. The smallest absolute Gasteiger partial charge is 0.0862 e.